The molecule has 0 aromatic heterocycles. The predicted molar refractivity (Wildman–Crippen MR) is 354 cm³/mol. The normalized spacial score (nSPS) is 11.7. The van der Waals surface area contributed by atoms with E-state index in [2.05, 4.69) is 333 Å². The van der Waals surface area contributed by atoms with Gasteiger partial charge in [-0.25, -0.2) is 0 Å². The first kappa shape index (κ1) is 53.5. The molecule has 0 heterocycles. The van der Waals surface area contributed by atoms with Crippen molar-refractivity contribution in [1.29, 1.82) is 0 Å². The van der Waals surface area contributed by atoms with Crippen LogP contribution in [0.25, 0.3) is 77.9 Å². The maximum Gasteiger partial charge on any atom is 0.0462 e. The summed E-state index contributed by atoms with van der Waals surface area (Å²) >= 11 is 0. The number of anilines is 6. The highest BCUT2D eigenvalue weighted by molar-refractivity contribution is 5.96. The van der Waals surface area contributed by atoms with Crippen molar-refractivity contribution in [2.75, 3.05) is 9.80 Å². The molecule has 2 heteroatoms. The quantitative estimate of drug-likeness (QED) is 0.0790. The van der Waals surface area contributed by atoms with Gasteiger partial charge in [-0.1, -0.05) is 268 Å². The minimum absolute atomic E-state index is 1.05. The Morgan fingerprint density at radius 2 is 0.610 bits per heavy atom. The van der Waals surface area contributed by atoms with Crippen LogP contribution in [-0.4, -0.2) is 0 Å². The van der Waals surface area contributed by atoms with Crippen LogP contribution >= 0.6 is 0 Å². The van der Waals surface area contributed by atoms with Gasteiger partial charge in [-0.2, -0.15) is 0 Å². The van der Waals surface area contributed by atoms with Crippen LogP contribution in [0.3, 0.4) is 0 Å². The Kier molecular flexibility index (Phi) is 16.6. The third-order valence-electron chi connectivity index (χ3n) is 15.0. The lowest BCUT2D eigenvalue weighted by Crippen LogP contribution is -2.10. The molecule has 0 atom stereocenters. The highest BCUT2D eigenvalue weighted by atomic mass is 15.1. The van der Waals surface area contributed by atoms with Crippen molar-refractivity contribution in [3.05, 3.63) is 352 Å². The molecule has 0 amide bonds. The number of rotatable bonds is 18. The van der Waals surface area contributed by atoms with Crippen LogP contribution < -0.4 is 9.80 Å². The molecule has 11 aromatic rings. The van der Waals surface area contributed by atoms with Gasteiger partial charge in [0.1, 0.15) is 0 Å². The van der Waals surface area contributed by atoms with E-state index in [1.54, 1.807) is 0 Å². The van der Waals surface area contributed by atoms with Gasteiger partial charge in [0.25, 0.3) is 0 Å². The number of nitrogens with zero attached hydrogens (tertiary/aromatic N) is 2. The van der Waals surface area contributed by atoms with Gasteiger partial charge in [-0.05, 0) is 176 Å². The molecule has 0 spiro atoms. The third kappa shape index (κ3) is 11.9. The van der Waals surface area contributed by atoms with Crippen molar-refractivity contribution < 1.29 is 0 Å². The van der Waals surface area contributed by atoms with Crippen LogP contribution in [0.5, 0.6) is 0 Å². The fraction of sp³-hybridized carbons (Fsp3) is 0.0250. The van der Waals surface area contributed by atoms with Crippen LogP contribution in [0.15, 0.2) is 341 Å². The molecule has 0 saturated carbocycles. The van der Waals surface area contributed by atoms with Crippen molar-refractivity contribution in [2.45, 2.75) is 13.8 Å². The van der Waals surface area contributed by atoms with Crippen LogP contribution in [-0.2, 0) is 0 Å². The fourth-order valence-corrected chi connectivity index (χ4v) is 10.8. The van der Waals surface area contributed by atoms with E-state index in [0.717, 1.165) is 84.2 Å². The molecule has 2 nitrogen and oxygen atoms in total. The lowest BCUT2D eigenvalue weighted by atomic mass is 9.87. The van der Waals surface area contributed by atoms with Gasteiger partial charge < -0.3 is 9.80 Å². The minimum Gasteiger partial charge on any atom is -0.311 e. The standard InChI is InChI=1S/C80H64N2/c1-5-9-22-59(8-4)64-35-47-72(48-36-64)81(73-49-37-66(38-50-73)60(20-6-2)21-7-3)76-55-43-69(44-56-76)78-29-19-30-79(80(78)71-33-31-65(32-34-71)61-23-13-10-14-24-61)70-45-57-77(58-46-70)82(74-51-39-67(40-52-74)62-25-15-11-16-26-62)75-53-41-68(42-54-75)63-27-17-12-18-28-63/h5-58H,1-2H2,3-4H3/b21-7-,22-9-,59-8+,60-20+. The molecule has 0 unspecified atom stereocenters. The van der Waals surface area contributed by atoms with Gasteiger partial charge in [0, 0.05) is 34.1 Å². The SMILES string of the molecule is C=C/C=C\C(=C/C)c1ccc(N(c2ccc(C(/C=C\C)=C/C=C)cc2)c2ccc(-c3cccc(-c4ccc(N(c5ccc(-c6ccccc6)cc5)c5ccc(-c6ccccc6)cc5)cc4)c3-c3ccc(-c4ccccc4)cc3)cc2)cc1. The lowest BCUT2D eigenvalue weighted by molar-refractivity contribution is 1.28. The Bertz CT molecular complexity index is 3950. The average Bonchev–Trinajstić information content (AvgIpc) is 3.74. The summed E-state index contributed by atoms with van der Waals surface area (Å²) in [6.45, 7) is 12.0. The maximum atomic E-state index is 3.97. The molecule has 11 rings (SSSR count). The van der Waals surface area contributed by atoms with Crippen molar-refractivity contribution >= 4 is 45.3 Å². The van der Waals surface area contributed by atoms with E-state index in [9.17, 15) is 0 Å². The Balaban J connectivity index is 0.993. The average molecular weight is 1050 g/mol. The van der Waals surface area contributed by atoms with E-state index in [-0.39, 0.29) is 0 Å². The van der Waals surface area contributed by atoms with Crippen LogP contribution in [0, 0.1) is 0 Å². The fourth-order valence-electron chi connectivity index (χ4n) is 10.8. The second kappa shape index (κ2) is 25.5. The van der Waals surface area contributed by atoms with E-state index in [0.29, 0.717) is 0 Å². The number of allylic oxidation sites excluding steroid dienone is 10. The zero-order valence-corrected chi connectivity index (χ0v) is 46.5. The largest absolute Gasteiger partial charge is 0.311 e. The zero-order chi connectivity index (χ0) is 56.0. The molecule has 0 aliphatic rings. The Morgan fingerprint density at radius 1 is 0.293 bits per heavy atom. The summed E-state index contributed by atoms with van der Waals surface area (Å²) in [7, 11) is 0. The van der Waals surface area contributed by atoms with E-state index in [4.69, 9.17) is 0 Å². The van der Waals surface area contributed by atoms with Gasteiger partial charge in [0.15, 0.2) is 0 Å². The van der Waals surface area contributed by atoms with Gasteiger partial charge >= 0.3 is 0 Å². The van der Waals surface area contributed by atoms with Gasteiger partial charge in [-0.3, -0.25) is 0 Å². The summed E-state index contributed by atoms with van der Waals surface area (Å²) < 4.78 is 0. The van der Waals surface area contributed by atoms with Gasteiger partial charge in [0.05, 0.1) is 0 Å². The molecule has 0 aliphatic carbocycles. The molecule has 0 N–H and O–H groups in total. The van der Waals surface area contributed by atoms with E-state index < -0.39 is 0 Å². The van der Waals surface area contributed by atoms with Crippen molar-refractivity contribution in [2.24, 2.45) is 0 Å². The Morgan fingerprint density at radius 3 is 0.951 bits per heavy atom. The Labute approximate surface area is 484 Å². The summed E-state index contributed by atoms with van der Waals surface area (Å²) in [6, 6.07) is 101. The zero-order valence-electron chi connectivity index (χ0n) is 46.5. The molecule has 11 aromatic carbocycles. The maximum absolute atomic E-state index is 3.97. The minimum atomic E-state index is 1.05. The van der Waals surface area contributed by atoms with Gasteiger partial charge in [-0.15, -0.1) is 0 Å². The van der Waals surface area contributed by atoms with E-state index in [1.807, 2.05) is 31.2 Å². The topological polar surface area (TPSA) is 6.48 Å². The first-order valence-electron chi connectivity index (χ1n) is 28.0. The van der Waals surface area contributed by atoms with Crippen LogP contribution in [0.4, 0.5) is 34.1 Å². The van der Waals surface area contributed by atoms with E-state index >= 15 is 0 Å². The monoisotopic (exact) mass is 1050 g/mol. The van der Waals surface area contributed by atoms with Crippen LogP contribution in [0.1, 0.15) is 25.0 Å². The van der Waals surface area contributed by atoms with Crippen LogP contribution in [0.2, 0.25) is 0 Å². The highest BCUT2D eigenvalue weighted by Gasteiger charge is 2.20. The molecular formula is C80H64N2. The summed E-state index contributed by atoms with van der Waals surface area (Å²) in [5.74, 6) is 0. The van der Waals surface area contributed by atoms with E-state index in [1.165, 1.54) is 38.9 Å². The number of hydrogen-bond donors (Lipinski definition) is 0. The first-order chi connectivity index (χ1) is 40.5. The molecule has 0 radical (unpaired) electrons. The molecular weight excluding hydrogens is 989 g/mol. The summed E-state index contributed by atoms with van der Waals surface area (Å²) in [4.78, 5) is 4.68. The molecule has 0 aliphatic heterocycles. The van der Waals surface area contributed by atoms with Gasteiger partial charge in [0.2, 0.25) is 0 Å². The second-order valence-corrected chi connectivity index (χ2v) is 20.1. The first-order valence-corrected chi connectivity index (χ1v) is 28.0. The number of benzene rings is 11. The smallest absolute Gasteiger partial charge is 0.0462 e. The molecule has 394 valence electrons. The predicted octanol–water partition coefficient (Wildman–Crippen LogP) is 22.9. The molecule has 0 bridgehead atoms. The highest BCUT2D eigenvalue weighted by Crippen LogP contribution is 2.44. The van der Waals surface area contributed by atoms with Crippen molar-refractivity contribution in [1.82, 2.24) is 0 Å². The second-order valence-electron chi connectivity index (χ2n) is 20.1. The van der Waals surface area contributed by atoms with Crippen molar-refractivity contribution in [3.8, 4) is 66.8 Å². The molecule has 0 fully saturated rings. The van der Waals surface area contributed by atoms with Crippen molar-refractivity contribution in [3.63, 3.8) is 0 Å². The third-order valence-corrected chi connectivity index (χ3v) is 15.0. The summed E-state index contributed by atoms with van der Waals surface area (Å²) in [6.07, 6.45) is 16.1. The molecule has 0 saturated heterocycles. The lowest BCUT2D eigenvalue weighted by Gasteiger charge is -2.27. The molecule has 82 heavy (non-hydrogen) atoms. The summed E-state index contributed by atoms with van der Waals surface area (Å²) in [5.41, 5.74) is 24.9. The summed E-state index contributed by atoms with van der Waals surface area (Å²) in [5, 5.41) is 0. The Hall–Kier alpha value is -10.5. The number of hydrogen-bond acceptors (Lipinski definition) is 2.